The molecule has 0 unspecified atom stereocenters. The van der Waals surface area contributed by atoms with Gasteiger partial charge in [0.05, 0.1) is 26.5 Å². The van der Waals surface area contributed by atoms with Crippen LogP contribution >= 0.6 is 0 Å². The van der Waals surface area contributed by atoms with Crippen molar-refractivity contribution in [1.82, 2.24) is 0 Å². The molecule has 0 radical (unpaired) electrons. The number of carboxylic acid groups (broad SMARTS) is 1. The molecule has 2 N–H and O–H groups in total. The van der Waals surface area contributed by atoms with Crippen molar-refractivity contribution in [2.45, 2.75) is 6.54 Å². The lowest BCUT2D eigenvalue weighted by molar-refractivity contribution is 0.0660. The minimum absolute atomic E-state index is 0.0801. The maximum absolute atomic E-state index is 10.7. The van der Waals surface area contributed by atoms with Crippen LogP contribution in [0.1, 0.15) is 16.3 Å². The molecule has 0 atom stereocenters. The van der Waals surface area contributed by atoms with Gasteiger partial charge in [0.1, 0.15) is 17.3 Å². The number of carbonyl (C=O) groups is 1. The molecule has 0 aliphatic carbocycles. The number of nitrogens with one attached hydrogen (secondary N) is 1. The van der Waals surface area contributed by atoms with Gasteiger partial charge in [-0.1, -0.05) is 0 Å². The third kappa shape index (κ3) is 3.03. The van der Waals surface area contributed by atoms with E-state index in [0.717, 1.165) is 5.69 Å². The van der Waals surface area contributed by atoms with Crippen molar-refractivity contribution in [1.29, 1.82) is 0 Å². The molecule has 0 saturated carbocycles. The zero-order valence-electron chi connectivity index (χ0n) is 11.2. The SMILES string of the molecule is COc1ccc(NCc2ccc(C(=O)O)o2)c(OC)c1. The van der Waals surface area contributed by atoms with Crippen molar-refractivity contribution in [2.24, 2.45) is 0 Å². The molecule has 1 aromatic carbocycles. The number of rotatable bonds is 6. The highest BCUT2D eigenvalue weighted by atomic mass is 16.5. The topological polar surface area (TPSA) is 80.9 Å². The van der Waals surface area contributed by atoms with Crippen LogP contribution in [0.4, 0.5) is 5.69 Å². The molecule has 0 spiro atoms. The van der Waals surface area contributed by atoms with Gasteiger partial charge < -0.3 is 24.3 Å². The fourth-order valence-corrected chi connectivity index (χ4v) is 1.71. The van der Waals surface area contributed by atoms with E-state index in [0.29, 0.717) is 23.8 Å². The second kappa shape index (κ2) is 6.01. The Balaban J connectivity index is 2.07. The van der Waals surface area contributed by atoms with E-state index < -0.39 is 5.97 Å². The molecular formula is C14H15NO5. The van der Waals surface area contributed by atoms with Crippen LogP contribution in [0.25, 0.3) is 0 Å². The van der Waals surface area contributed by atoms with Gasteiger partial charge in [-0.15, -0.1) is 0 Å². The Morgan fingerprint density at radius 1 is 1.25 bits per heavy atom. The van der Waals surface area contributed by atoms with Crippen LogP contribution in [0.15, 0.2) is 34.7 Å². The van der Waals surface area contributed by atoms with E-state index in [4.69, 9.17) is 19.0 Å². The Labute approximate surface area is 115 Å². The van der Waals surface area contributed by atoms with Gasteiger partial charge in [-0.05, 0) is 24.3 Å². The van der Waals surface area contributed by atoms with Crippen molar-refractivity contribution < 1.29 is 23.8 Å². The zero-order valence-corrected chi connectivity index (χ0v) is 11.2. The lowest BCUT2D eigenvalue weighted by atomic mass is 10.2. The van der Waals surface area contributed by atoms with E-state index in [1.165, 1.54) is 6.07 Å². The standard InChI is InChI=1S/C14H15NO5/c1-18-9-3-5-11(13(7-9)19-2)15-8-10-4-6-12(20-10)14(16)17/h3-7,15H,8H2,1-2H3,(H,16,17). The van der Waals surface area contributed by atoms with Crippen molar-refractivity contribution in [3.8, 4) is 11.5 Å². The highest BCUT2D eigenvalue weighted by Gasteiger charge is 2.10. The summed E-state index contributed by atoms with van der Waals surface area (Å²) < 4.78 is 15.5. The molecule has 0 aliphatic rings. The summed E-state index contributed by atoms with van der Waals surface area (Å²) in [5.74, 6) is 0.690. The molecule has 0 saturated heterocycles. The van der Waals surface area contributed by atoms with Gasteiger partial charge in [-0.3, -0.25) is 0 Å². The second-order valence-electron chi connectivity index (χ2n) is 3.99. The van der Waals surface area contributed by atoms with Gasteiger partial charge in [-0.2, -0.15) is 0 Å². The van der Waals surface area contributed by atoms with E-state index in [-0.39, 0.29) is 5.76 Å². The summed E-state index contributed by atoms with van der Waals surface area (Å²) in [4.78, 5) is 10.7. The summed E-state index contributed by atoms with van der Waals surface area (Å²) in [6.45, 7) is 0.357. The average molecular weight is 277 g/mol. The van der Waals surface area contributed by atoms with Gasteiger partial charge in [-0.25, -0.2) is 4.79 Å². The highest BCUT2D eigenvalue weighted by molar-refractivity contribution is 5.84. The van der Waals surface area contributed by atoms with Crippen molar-refractivity contribution in [2.75, 3.05) is 19.5 Å². The first-order valence-electron chi connectivity index (χ1n) is 5.92. The molecule has 0 amide bonds. The number of hydrogen-bond acceptors (Lipinski definition) is 5. The number of benzene rings is 1. The van der Waals surface area contributed by atoms with E-state index in [1.807, 2.05) is 6.07 Å². The predicted molar refractivity (Wildman–Crippen MR) is 72.5 cm³/mol. The summed E-state index contributed by atoms with van der Waals surface area (Å²) in [5.41, 5.74) is 0.765. The zero-order chi connectivity index (χ0) is 14.5. The number of hydrogen-bond donors (Lipinski definition) is 2. The van der Waals surface area contributed by atoms with Crippen LogP contribution in [0.3, 0.4) is 0 Å². The molecule has 1 aromatic heterocycles. The third-order valence-electron chi connectivity index (χ3n) is 2.73. The largest absolute Gasteiger partial charge is 0.497 e. The minimum atomic E-state index is -1.08. The molecule has 6 nitrogen and oxygen atoms in total. The Bertz CT molecular complexity index is 605. The first-order valence-corrected chi connectivity index (χ1v) is 5.92. The Morgan fingerprint density at radius 2 is 2.05 bits per heavy atom. The van der Waals surface area contributed by atoms with Crippen molar-refractivity contribution >= 4 is 11.7 Å². The lowest BCUT2D eigenvalue weighted by Crippen LogP contribution is -2.01. The third-order valence-corrected chi connectivity index (χ3v) is 2.73. The van der Waals surface area contributed by atoms with Crippen LogP contribution in [0.5, 0.6) is 11.5 Å². The summed E-state index contributed by atoms with van der Waals surface area (Å²) in [7, 11) is 3.15. The summed E-state index contributed by atoms with van der Waals surface area (Å²) in [6.07, 6.45) is 0. The first-order chi connectivity index (χ1) is 9.63. The Hall–Kier alpha value is -2.63. The quantitative estimate of drug-likeness (QED) is 0.844. The lowest BCUT2D eigenvalue weighted by Gasteiger charge is -2.11. The molecule has 106 valence electrons. The molecule has 20 heavy (non-hydrogen) atoms. The van der Waals surface area contributed by atoms with Crippen LogP contribution in [-0.2, 0) is 6.54 Å². The highest BCUT2D eigenvalue weighted by Crippen LogP contribution is 2.29. The number of methoxy groups -OCH3 is 2. The van der Waals surface area contributed by atoms with Gasteiger partial charge in [0.2, 0.25) is 5.76 Å². The van der Waals surface area contributed by atoms with Crippen LogP contribution in [-0.4, -0.2) is 25.3 Å². The number of aromatic carboxylic acids is 1. The van der Waals surface area contributed by atoms with Crippen LogP contribution in [0.2, 0.25) is 0 Å². The monoisotopic (exact) mass is 277 g/mol. The molecule has 0 fully saturated rings. The molecule has 2 rings (SSSR count). The number of carboxylic acids is 1. The fraction of sp³-hybridized carbons (Fsp3) is 0.214. The Morgan fingerprint density at radius 3 is 2.65 bits per heavy atom. The van der Waals surface area contributed by atoms with Gasteiger partial charge >= 0.3 is 5.97 Å². The second-order valence-corrected chi connectivity index (χ2v) is 3.99. The van der Waals surface area contributed by atoms with E-state index in [2.05, 4.69) is 5.32 Å². The van der Waals surface area contributed by atoms with Crippen LogP contribution < -0.4 is 14.8 Å². The fourth-order valence-electron chi connectivity index (χ4n) is 1.71. The minimum Gasteiger partial charge on any atom is -0.497 e. The van der Waals surface area contributed by atoms with Crippen molar-refractivity contribution in [3.63, 3.8) is 0 Å². The number of furan rings is 1. The predicted octanol–water partition coefficient (Wildman–Crippen LogP) is 2.61. The van der Waals surface area contributed by atoms with Gasteiger partial charge in [0, 0.05) is 6.07 Å². The van der Waals surface area contributed by atoms with Crippen molar-refractivity contribution in [3.05, 3.63) is 41.9 Å². The first kappa shape index (κ1) is 13.8. The number of ether oxygens (including phenoxy) is 2. The summed E-state index contributed by atoms with van der Waals surface area (Å²) in [5, 5.41) is 11.9. The normalized spacial score (nSPS) is 10.1. The number of anilines is 1. The molecule has 0 bridgehead atoms. The van der Waals surface area contributed by atoms with E-state index in [1.54, 1.807) is 32.4 Å². The Kier molecular flexibility index (Phi) is 4.14. The van der Waals surface area contributed by atoms with E-state index in [9.17, 15) is 4.79 Å². The summed E-state index contributed by atoms with van der Waals surface area (Å²) in [6, 6.07) is 8.42. The molecule has 6 heteroatoms. The maximum Gasteiger partial charge on any atom is 0.371 e. The van der Waals surface area contributed by atoms with Gasteiger partial charge in [0.25, 0.3) is 0 Å². The molecular weight excluding hydrogens is 262 g/mol. The maximum atomic E-state index is 10.7. The van der Waals surface area contributed by atoms with Crippen LogP contribution in [0, 0.1) is 0 Å². The molecule has 1 heterocycles. The smallest absolute Gasteiger partial charge is 0.371 e. The van der Waals surface area contributed by atoms with Gasteiger partial charge in [0.15, 0.2) is 0 Å². The molecule has 2 aromatic rings. The van der Waals surface area contributed by atoms with E-state index >= 15 is 0 Å². The average Bonchev–Trinajstić information content (AvgIpc) is 2.94. The summed E-state index contributed by atoms with van der Waals surface area (Å²) >= 11 is 0. The molecule has 0 aliphatic heterocycles.